The van der Waals surface area contributed by atoms with Crippen molar-refractivity contribution in [3.05, 3.63) is 78.8 Å². The summed E-state index contributed by atoms with van der Waals surface area (Å²) in [5.74, 6) is 0.614. The molecule has 0 atom stereocenters. The third-order valence-electron chi connectivity index (χ3n) is 4.11. The first-order valence-electron chi connectivity index (χ1n) is 8.79. The molecule has 1 N–H and O–H groups in total. The van der Waals surface area contributed by atoms with Gasteiger partial charge in [0.2, 0.25) is 0 Å². The van der Waals surface area contributed by atoms with Gasteiger partial charge in [0.25, 0.3) is 5.91 Å². The normalized spacial score (nSPS) is 11.4. The Kier molecular flexibility index (Phi) is 5.53. The monoisotopic (exact) mass is 403 g/mol. The van der Waals surface area contributed by atoms with Gasteiger partial charge in [-0.3, -0.25) is 4.79 Å². The molecule has 4 rings (SSSR count). The fourth-order valence-corrected chi connectivity index (χ4v) is 3.20. The fraction of sp³-hybridized carbons (Fsp3) is 0.0476. The molecule has 0 saturated carbocycles. The summed E-state index contributed by atoms with van der Waals surface area (Å²) in [6, 6.07) is 20.6. The molecule has 0 radical (unpaired) electrons. The van der Waals surface area contributed by atoms with Gasteiger partial charge in [0.1, 0.15) is 11.5 Å². The number of nitrogens with one attached hydrogen (secondary N) is 1. The summed E-state index contributed by atoms with van der Waals surface area (Å²) < 4.78 is 6.81. The van der Waals surface area contributed by atoms with Crippen LogP contribution in [0.15, 0.2) is 82.3 Å². The minimum atomic E-state index is -0.357. The Bertz CT molecular complexity index is 1140. The molecule has 2 aromatic carbocycles. The van der Waals surface area contributed by atoms with Crippen LogP contribution in [0.4, 0.5) is 5.69 Å². The van der Waals surface area contributed by atoms with Crippen molar-refractivity contribution in [3.63, 3.8) is 0 Å². The molecule has 0 fully saturated rings. The van der Waals surface area contributed by atoms with Crippen molar-refractivity contribution in [1.82, 2.24) is 20.2 Å². The average Bonchev–Trinajstić information content (AvgIpc) is 3.44. The summed E-state index contributed by atoms with van der Waals surface area (Å²) in [6.45, 7) is 0. The molecule has 0 bridgehead atoms. The lowest BCUT2D eigenvalue weighted by Crippen LogP contribution is -2.19. The Morgan fingerprint density at radius 3 is 2.72 bits per heavy atom. The predicted octanol–water partition coefficient (Wildman–Crippen LogP) is 4.29. The maximum absolute atomic E-state index is 13.2. The van der Waals surface area contributed by atoms with Crippen LogP contribution in [0.2, 0.25) is 0 Å². The number of tetrazole rings is 1. The summed E-state index contributed by atoms with van der Waals surface area (Å²) in [4.78, 5) is 14.2. The molecule has 4 aromatic rings. The Morgan fingerprint density at radius 1 is 1.10 bits per heavy atom. The molecule has 0 saturated heterocycles. The van der Waals surface area contributed by atoms with Crippen molar-refractivity contribution in [1.29, 1.82) is 0 Å². The number of benzene rings is 2. The number of nitrogens with zero attached hydrogens (tertiary/aromatic N) is 4. The van der Waals surface area contributed by atoms with E-state index in [1.165, 1.54) is 4.68 Å². The molecule has 0 aliphatic rings. The van der Waals surface area contributed by atoms with E-state index in [1.54, 1.807) is 36.2 Å². The van der Waals surface area contributed by atoms with E-state index in [1.807, 2.05) is 60.9 Å². The van der Waals surface area contributed by atoms with Crippen LogP contribution in [-0.4, -0.2) is 32.4 Å². The number of hydrogen-bond donors (Lipinski definition) is 1. The molecule has 0 spiro atoms. The zero-order valence-corrected chi connectivity index (χ0v) is 16.3. The van der Waals surface area contributed by atoms with Crippen LogP contribution in [0.5, 0.6) is 0 Å². The van der Waals surface area contributed by atoms with Crippen molar-refractivity contribution >= 4 is 35.1 Å². The second-order valence-electron chi connectivity index (χ2n) is 6.01. The third kappa shape index (κ3) is 4.27. The lowest BCUT2D eigenvalue weighted by molar-refractivity contribution is -0.111. The summed E-state index contributed by atoms with van der Waals surface area (Å²) in [5, 5.41) is 14.8. The van der Waals surface area contributed by atoms with Crippen LogP contribution in [0.3, 0.4) is 0 Å². The van der Waals surface area contributed by atoms with Gasteiger partial charge in [-0.2, -0.15) is 4.68 Å². The quantitative estimate of drug-likeness (QED) is 0.382. The van der Waals surface area contributed by atoms with E-state index >= 15 is 0 Å². The smallest absolute Gasteiger partial charge is 0.274 e. The molecule has 0 aliphatic heterocycles. The van der Waals surface area contributed by atoms with Gasteiger partial charge in [-0.15, -0.1) is 16.9 Å². The maximum Gasteiger partial charge on any atom is 0.274 e. The Balaban J connectivity index is 1.74. The van der Waals surface area contributed by atoms with Gasteiger partial charge in [-0.25, -0.2) is 0 Å². The van der Waals surface area contributed by atoms with E-state index in [-0.39, 0.29) is 11.6 Å². The molecule has 2 heterocycles. The Morgan fingerprint density at radius 2 is 1.97 bits per heavy atom. The number of rotatable bonds is 6. The van der Waals surface area contributed by atoms with Gasteiger partial charge in [0.05, 0.1) is 6.26 Å². The summed E-state index contributed by atoms with van der Waals surface area (Å²) in [5.41, 5.74) is 1.71. The molecule has 7 nitrogen and oxygen atoms in total. The van der Waals surface area contributed by atoms with Gasteiger partial charge in [-0.1, -0.05) is 36.4 Å². The van der Waals surface area contributed by atoms with E-state index in [0.29, 0.717) is 17.3 Å². The first-order chi connectivity index (χ1) is 14.2. The van der Waals surface area contributed by atoms with Crippen LogP contribution in [0.25, 0.3) is 23.2 Å². The van der Waals surface area contributed by atoms with Crippen molar-refractivity contribution in [3.8, 4) is 11.4 Å². The largest absolute Gasteiger partial charge is 0.465 e. The molecular weight excluding hydrogens is 386 g/mol. The SMILES string of the molecule is CSc1cccc(NC(=O)/C(=C/c2ccco2)n2nnnc2-c2ccccc2)c1. The lowest BCUT2D eigenvalue weighted by Gasteiger charge is -2.11. The molecule has 144 valence electrons. The minimum absolute atomic E-state index is 0.235. The average molecular weight is 403 g/mol. The van der Waals surface area contributed by atoms with Crippen LogP contribution >= 0.6 is 11.8 Å². The summed E-state index contributed by atoms with van der Waals surface area (Å²) >= 11 is 1.60. The number of hydrogen-bond acceptors (Lipinski definition) is 6. The third-order valence-corrected chi connectivity index (χ3v) is 4.84. The molecule has 29 heavy (non-hydrogen) atoms. The van der Waals surface area contributed by atoms with Gasteiger partial charge in [-0.05, 0) is 47.0 Å². The highest BCUT2D eigenvalue weighted by atomic mass is 32.2. The molecule has 0 aliphatic carbocycles. The highest BCUT2D eigenvalue weighted by Gasteiger charge is 2.20. The number of aromatic nitrogens is 4. The van der Waals surface area contributed by atoms with E-state index in [0.717, 1.165) is 10.5 Å². The maximum atomic E-state index is 13.2. The van der Waals surface area contributed by atoms with Crippen LogP contribution in [0.1, 0.15) is 5.76 Å². The van der Waals surface area contributed by atoms with Crippen molar-refractivity contribution < 1.29 is 9.21 Å². The molecule has 2 aromatic heterocycles. The second-order valence-corrected chi connectivity index (χ2v) is 6.89. The van der Waals surface area contributed by atoms with Crippen LogP contribution in [0, 0.1) is 0 Å². The second kappa shape index (κ2) is 8.57. The number of amides is 1. The van der Waals surface area contributed by atoms with Gasteiger partial charge in [0.15, 0.2) is 5.82 Å². The lowest BCUT2D eigenvalue weighted by atomic mass is 10.2. The Labute approximate surface area is 171 Å². The topological polar surface area (TPSA) is 85.8 Å². The van der Waals surface area contributed by atoms with Crippen LogP contribution < -0.4 is 5.32 Å². The number of carbonyl (C=O) groups excluding carboxylic acids is 1. The van der Waals surface area contributed by atoms with Crippen molar-refractivity contribution in [2.45, 2.75) is 4.90 Å². The van der Waals surface area contributed by atoms with Crippen LogP contribution in [-0.2, 0) is 4.79 Å². The van der Waals surface area contributed by atoms with E-state index in [2.05, 4.69) is 20.8 Å². The number of anilines is 1. The number of thioether (sulfide) groups is 1. The van der Waals surface area contributed by atoms with E-state index in [9.17, 15) is 4.79 Å². The zero-order chi connectivity index (χ0) is 20.1. The highest BCUT2D eigenvalue weighted by Crippen LogP contribution is 2.23. The number of furan rings is 1. The molecular formula is C21H17N5O2S. The molecule has 8 heteroatoms. The highest BCUT2D eigenvalue weighted by molar-refractivity contribution is 7.98. The summed E-state index contributed by atoms with van der Waals surface area (Å²) in [6.07, 6.45) is 5.13. The standard InChI is InChI=1S/C21H17N5O2S/c1-29-18-11-5-9-16(13-18)22-21(27)19(14-17-10-6-12-28-17)26-20(23-24-25-26)15-7-3-2-4-8-15/h2-14H,1H3,(H,22,27)/b19-14-. The Hall–Kier alpha value is -3.65. The van der Waals surface area contributed by atoms with Crippen molar-refractivity contribution in [2.75, 3.05) is 11.6 Å². The van der Waals surface area contributed by atoms with E-state index < -0.39 is 0 Å². The van der Waals surface area contributed by atoms with E-state index in [4.69, 9.17) is 4.42 Å². The minimum Gasteiger partial charge on any atom is -0.465 e. The fourth-order valence-electron chi connectivity index (χ4n) is 2.74. The summed E-state index contributed by atoms with van der Waals surface area (Å²) in [7, 11) is 0. The van der Waals surface area contributed by atoms with Gasteiger partial charge in [0, 0.05) is 22.2 Å². The number of carbonyl (C=O) groups is 1. The molecule has 1 amide bonds. The molecule has 0 unspecified atom stereocenters. The zero-order valence-electron chi connectivity index (χ0n) is 15.5. The van der Waals surface area contributed by atoms with Gasteiger partial charge >= 0.3 is 0 Å². The first kappa shape index (κ1) is 18.7. The predicted molar refractivity (Wildman–Crippen MR) is 113 cm³/mol. The first-order valence-corrected chi connectivity index (χ1v) is 10.0. The van der Waals surface area contributed by atoms with Gasteiger partial charge < -0.3 is 9.73 Å². The van der Waals surface area contributed by atoms with Crippen molar-refractivity contribution in [2.24, 2.45) is 0 Å².